The van der Waals surface area contributed by atoms with E-state index in [1.807, 2.05) is 0 Å². The summed E-state index contributed by atoms with van der Waals surface area (Å²) < 4.78 is 33.3. The average Bonchev–Trinajstić information content (AvgIpc) is 2.71. The van der Waals surface area contributed by atoms with Crippen LogP contribution in [0.25, 0.3) is 0 Å². The van der Waals surface area contributed by atoms with E-state index in [1.54, 1.807) is 19.1 Å². The van der Waals surface area contributed by atoms with Crippen LogP contribution in [0, 0.1) is 17.0 Å². The van der Waals surface area contributed by atoms with E-state index < -0.39 is 33.0 Å². The molecule has 0 spiro atoms. The summed E-state index contributed by atoms with van der Waals surface area (Å²) in [5, 5.41) is 13.4. The molecule has 1 aliphatic rings. The molecule has 0 bridgehead atoms. The number of sulfonamides is 1. The van der Waals surface area contributed by atoms with Crippen LogP contribution in [0.4, 0.5) is 11.4 Å². The molecule has 30 heavy (non-hydrogen) atoms. The van der Waals surface area contributed by atoms with Crippen molar-refractivity contribution in [3.05, 3.63) is 62.6 Å². The number of hydrogen-bond acceptors (Lipinski definition) is 7. The SMILES string of the molecule is Cc1ccc(NC(=O)Cn2cc([N+](=O)[O-])ccc2=O)cc1S(=O)(=O)N1CCOCC1. The molecule has 3 rings (SSSR count). The van der Waals surface area contributed by atoms with E-state index in [2.05, 4.69) is 5.32 Å². The summed E-state index contributed by atoms with van der Waals surface area (Å²) in [6.07, 6.45) is 0.978. The van der Waals surface area contributed by atoms with Crippen molar-refractivity contribution in [2.75, 3.05) is 31.6 Å². The fourth-order valence-electron chi connectivity index (χ4n) is 2.99. The van der Waals surface area contributed by atoms with E-state index in [0.717, 1.165) is 22.9 Å². The summed E-state index contributed by atoms with van der Waals surface area (Å²) in [7, 11) is -3.76. The number of hydrogen-bond donors (Lipinski definition) is 1. The molecule has 1 fully saturated rings. The summed E-state index contributed by atoms with van der Waals surface area (Å²) in [4.78, 5) is 34.4. The number of benzene rings is 1. The standard InChI is InChI=1S/C18H20N4O7S/c1-13-2-3-14(10-16(13)30(27,28)21-6-8-29-9-7-21)19-17(23)12-20-11-15(22(25)26)4-5-18(20)24/h2-5,10-11H,6-9,12H2,1H3,(H,19,23). The number of aromatic nitrogens is 1. The van der Waals surface area contributed by atoms with Gasteiger partial charge in [-0.25, -0.2) is 8.42 Å². The van der Waals surface area contributed by atoms with Crippen molar-refractivity contribution in [3.63, 3.8) is 0 Å². The van der Waals surface area contributed by atoms with Crippen LogP contribution in [0.2, 0.25) is 0 Å². The van der Waals surface area contributed by atoms with Gasteiger partial charge in [0.15, 0.2) is 0 Å². The zero-order valence-corrected chi connectivity index (χ0v) is 16.9. The van der Waals surface area contributed by atoms with Crippen LogP contribution in [0.3, 0.4) is 0 Å². The monoisotopic (exact) mass is 436 g/mol. The Morgan fingerprint density at radius 3 is 2.60 bits per heavy atom. The predicted molar refractivity (Wildman–Crippen MR) is 107 cm³/mol. The van der Waals surface area contributed by atoms with Crippen molar-refractivity contribution >= 4 is 27.3 Å². The number of rotatable bonds is 6. The normalized spacial score (nSPS) is 15.0. The van der Waals surface area contributed by atoms with Gasteiger partial charge in [0.05, 0.1) is 29.2 Å². The molecule has 1 aromatic carbocycles. The first-order chi connectivity index (χ1) is 14.2. The van der Waals surface area contributed by atoms with Crippen LogP contribution in [-0.2, 0) is 26.1 Å². The number of aryl methyl sites for hydroxylation is 1. The fourth-order valence-corrected chi connectivity index (χ4v) is 4.65. The quantitative estimate of drug-likeness (QED) is 0.520. The maximum atomic E-state index is 12.9. The minimum atomic E-state index is -3.76. The summed E-state index contributed by atoms with van der Waals surface area (Å²) in [5.41, 5.74) is -0.142. The first-order valence-corrected chi connectivity index (χ1v) is 10.5. The molecule has 1 saturated heterocycles. The second kappa shape index (κ2) is 8.73. The van der Waals surface area contributed by atoms with Crippen molar-refractivity contribution in [1.82, 2.24) is 8.87 Å². The Bertz CT molecular complexity index is 1140. The fraction of sp³-hybridized carbons (Fsp3) is 0.333. The van der Waals surface area contributed by atoms with E-state index >= 15 is 0 Å². The Kier molecular flexibility index (Phi) is 6.29. The van der Waals surface area contributed by atoms with Crippen LogP contribution in [0.15, 0.2) is 46.2 Å². The molecule has 11 nitrogen and oxygen atoms in total. The zero-order valence-electron chi connectivity index (χ0n) is 16.1. The van der Waals surface area contributed by atoms with E-state index in [4.69, 9.17) is 4.74 Å². The molecule has 160 valence electrons. The Morgan fingerprint density at radius 2 is 1.93 bits per heavy atom. The van der Waals surface area contributed by atoms with Crippen molar-refractivity contribution in [2.24, 2.45) is 0 Å². The summed E-state index contributed by atoms with van der Waals surface area (Å²) in [6, 6.07) is 6.53. The van der Waals surface area contributed by atoms with Gasteiger partial charge in [-0.15, -0.1) is 0 Å². The van der Waals surface area contributed by atoms with Crippen LogP contribution in [-0.4, -0.2) is 54.4 Å². The lowest BCUT2D eigenvalue weighted by molar-refractivity contribution is -0.385. The Labute approximate surface area is 172 Å². The molecule has 1 aromatic heterocycles. The Hall–Kier alpha value is -3.09. The number of pyridine rings is 1. The third-order valence-corrected chi connectivity index (χ3v) is 6.59. The lowest BCUT2D eigenvalue weighted by Crippen LogP contribution is -2.40. The molecular formula is C18H20N4O7S. The van der Waals surface area contributed by atoms with Crippen LogP contribution >= 0.6 is 0 Å². The lowest BCUT2D eigenvalue weighted by atomic mass is 10.2. The highest BCUT2D eigenvalue weighted by molar-refractivity contribution is 7.89. The number of amides is 1. The highest BCUT2D eigenvalue weighted by atomic mass is 32.2. The third kappa shape index (κ3) is 4.72. The average molecular weight is 436 g/mol. The number of carbonyl (C=O) groups is 1. The van der Waals surface area contributed by atoms with Gasteiger partial charge in [0.25, 0.3) is 11.2 Å². The van der Waals surface area contributed by atoms with Gasteiger partial charge < -0.3 is 10.1 Å². The topological polar surface area (TPSA) is 141 Å². The van der Waals surface area contributed by atoms with Crippen LogP contribution < -0.4 is 10.9 Å². The molecule has 1 N–H and O–H groups in total. The van der Waals surface area contributed by atoms with Gasteiger partial charge in [-0.05, 0) is 24.6 Å². The maximum absolute atomic E-state index is 12.9. The van der Waals surface area contributed by atoms with Gasteiger partial charge in [-0.1, -0.05) is 6.07 Å². The van der Waals surface area contributed by atoms with Crippen molar-refractivity contribution in [1.29, 1.82) is 0 Å². The van der Waals surface area contributed by atoms with Gasteiger partial charge in [-0.2, -0.15) is 4.31 Å². The molecule has 0 radical (unpaired) electrons. The maximum Gasteiger partial charge on any atom is 0.285 e. The number of carbonyl (C=O) groups excluding carboxylic acids is 1. The summed E-state index contributed by atoms with van der Waals surface area (Å²) in [6.45, 7) is 2.31. The molecule has 0 unspecified atom stereocenters. The molecule has 0 saturated carbocycles. The second-order valence-corrected chi connectivity index (χ2v) is 8.56. The summed E-state index contributed by atoms with van der Waals surface area (Å²) in [5.74, 6) is -0.629. The van der Waals surface area contributed by atoms with Gasteiger partial charge >= 0.3 is 0 Å². The third-order valence-electron chi connectivity index (χ3n) is 4.55. The number of nitrogens with one attached hydrogen (secondary N) is 1. The molecule has 1 aliphatic heterocycles. The number of morpholine rings is 1. The Balaban J connectivity index is 1.80. The molecule has 12 heteroatoms. The Morgan fingerprint density at radius 1 is 1.23 bits per heavy atom. The van der Waals surface area contributed by atoms with Gasteiger partial charge in [0.2, 0.25) is 15.9 Å². The van der Waals surface area contributed by atoms with Gasteiger partial charge in [0, 0.05) is 30.9 Å². The first kappa shape index (κ1) is 21.6. The van der Waals surface area contributed by atoms with Crippen LogP contribution in [0.1, 0.15) is 5.56 Å². The molecule has 2 heterocycles. The predicted octanol–water partition coefficient (Wildman–Crippen LogP) is 0.725. The van der Waals surface area contributed by atoms with Crippen LogP contribution in [0.5, 0.6) is 0 Å². The number of ether oxygens (including phenoxy) is 1. The highest BCUT2D eigenvalue weighted by Gasteiger charge is 2.28. The second-order valence-electron chi connectivity index (χ2n) is 6.66. The van der Waals surface area contributed by atoms with E-state index in [-0.39, 0.29) is 29.4 Å². The number of nitro groups is 1. The smallest absolute Gasteiger partial charge is 0.285 e. The minimum absolute atomic E-state index is 0.0646. The number of anilines is 1. The summed E-state index contributed by atoms with van der Waals surface area (Å²) >= 11 is 0. The zero-order chi connectivity index (χ0) is 21.9. The number of nitrogens with zero attached hydrogens (tertiary/aromatic N) is 3. The molecule has 1 amide bonds. The van der Waals surface area contributed by atoms with Gasteiger partial charge in [0.1, 0.15) is 6.54 Å². The first-order valence-electron chi connectivity index (χ1n) is 9.02. The minimum Gasteiger partial charge on any atom is -0.379 e. The van der Waals surface area contributed by atoms with Crippen molar-refractivity contribution in [2.45, 2.75) is 18.4 Å². The van der Waals surface area contributed by atoms with E-state index in [0.29, 0.717) is 18.8 Å². The largest absolute Gasteiger partial charge is 0.379 e. The molecule has 0 aliphatic carbocycles. The lowest BCUT2D eigenvalue weighted by Gasteiger charge is -2.26. The van der Waals surface area contributed by atoms with Crippen molar-refractivity contribution < 1.29 is 22.9 Å². The van der Waals surface area contributed by atoms with E-state index in [1.165, 1.54) is 10.4 Å². The van der Waals surface area contributed by atoms with Gasteiger partial charge in [-0.3, -0.25) is 24.3 Å². The molecule has 0 atom stereocenters. The van der Waals surface area contributed by atoms with Crippen molar-refractivity contribution in [3.8, 4) is 0 Å². The van der Waals surface area contributed by atoms with E-state index in [9.17, 15) is 28.1 Å². The molecule has 2 aromatic rings. The highest BCUT2D eigenvalue weighted by Crippen LogP contribution is 2.24. The molecular weight excluding hydrogens is 416 g/mol.